The maximum atomic E-state index is 13.0. The van der Waals surface area contributed by atoms with E-state index in [-0.39, 0.29) is 5.91 Å². The van der Waals surface area contributed by atoms with Crippen LogP contribution in [0, 0.1) is 12.8 Å². The van der Waals surface area contributed by atoms with Gasteiger partial charge in [0.2, 0.25) is 11.0 Å². The Balaban J connectivity index is 1.16. The van der Waals surface area contributed by atoms with Crippen LogP contribution >= 0.6 is 11.3 Å². The van der Waals surface area contributed by atoms with Crippen molar-refractivity contribution in [1.29, 1.82) is 0 Å². The molecule has 0 bridgehead atoms. The molecule has 0 atom stereocenters. The Morgan fingerprint density at radius 3 is 2.58 bits per heavy atom. The molecule has 3 heterocycles. The van der Waals surface area contributed by atoms with Gasteiger partial charge in [0.1, 0.15) is 5.01 Å². The van der Waals surface area contributed by atoms with Gasteiger partial charge in [-0.2, -0.15) is 5.10 Å². The van der Waals surface area contributed by atoms with Crippen molar-refractivity contribution in [3.63, 3.8) is 0 Å². The minimum atomic E-state index is -0.396. The third-order valence-electron chi connectivity index (χ3n) is 6.44. The number of carbonyl (C=O) groups is 1. The molecule has 1 N–H and O–H groups in total. The summed E-state index contributed by atoms with van der Waals surface area (Å²) in [6.45, 7) is 4.02. The van der Waals surface area contributed by atoms with Gasteiger partial charge in [0.25, 0.3) is 0 Å². The second-order valence-electron chi connectivity index (χ2n) is 8.62. The molecule has 1 saturated heterocycles. The Labute approximate surface area is 185 Å². The highest BCUT2D eigenvalue weighted by Crippen LogP contribution is 2.49. The predicted octanol–water partition coefficient (Wildman–Crippen LogP) is 3.77. The number of aromatic nitrogens is 4. The number of aryl methyl sites for hydroxylation is 1. The van der Waals surface area contributed by atoms with E-state index in [2.05, 4.69) is 61.8 Å². The van der Waals surface area contributed by atoms with Gasteiger partial charge in [-0.1, -0.05) is 41.2 Å². The summed E-state index contributed by atoms with van der Waals surface area (Å²) in [6, 6.07) is 12.2. The number of anilines is 2. The van der Waals surface area contributed by atoms with Crippen molar-refractivity contribution in [2.75, 3.05) is 23.3 Å². The number of piperidine rings is 1. The smallest absolute Gasteiger partial charge is 0.236 e. The van der Waals surface area contributed by atoms with E-state index in [1.807, 2.05) is 12.1 Å². The van der Waals surface area contributed by atoms with E-state index in [9.17, 15) is 4.79 Å². The summed E-state index contributed by atoms with van der Waals surface area (Å²) in [4.78, 5) is 15.3. The molecule has 1 amide bonds. The van der Waals surface area contributed by atoms with Crippen LogP contribution in [0.2, 0.25) is 0 Å². The van der Waals surface area contributed by atoms with Gasteiger partial charge in [0.15, 0.2) is 5.82 Å². The molecule has 31 heavy (non-hydrogen) atoms. The zero-order valence-corrected chi connectivity index (χ0v) is 18.4. The van der Waals surface area contributed by atoms with Crippen LogP contribution in [0.25, 0.3) is 0 Å². The Morgan fingerprint density at radius 1 is 1.13 bits per heavy atom. The van der Waals surface area contributed by atoms with Gasteiger partial charge in [-0.15, -0.1) is 15.3 Å². The molecule has 2 aliphatic rings. The normalized spacial score (nSPS) is 18.0. The van der Waals surface area contributed by atoms with Gasteiger partial charge in [-0.3, -0.25) is 10.1 Å². The Bertz CT molecular complexity index is 1040. The van der Waals surface area contributed by atoms with E-state index in [1.54, 1.807) is 6.20 Å². The first-order chi connectivity index (χ1) is 15.1. The summed E-state index contributed by atoms with van der Waals surface area (Å²) in [5.41, 5.74) is 1.90. The first kappa shape index (κ1) is 20.1. The number of rotatable bonds is 6. The van der Waals surface area contributed by atoms with Crippen molar-refractivity contribution in [2.24, 2.45) is 5.92 Å². The quantitative estimate of drug-likeness (QED) is 0.636. The molecule has 3 aromatic rings. The summed E-state index contributed by atoms with van der Waals surface area (Å²) in [6.07, 6.45) is 6.57. The molecule has 8 heteroatoms. The third-order valence-corrected chi connectivity index (χ3v) is 7.30. The van der Waals surface area contributed by atoms with Crippen LogP contribution in [0.4, 0.5) is 10.9 Å². The van der Waals surface area contributed by atoms with Gasteiger partial charge in [0.05, 0.1) is 5.41 Å². The van der Waals surface area contributed by atoms with Gasteiger partial charge in [-0.05, 0) is 56.2 Å². The van der Waals surface area contributed by atoms with Crippen LogP contribution in [0.15, 0.2) is 42.6 Å². The van der Waals surface area contributed by atoms with Gasteiger partial charge in [-0.25, -0.2) is 0 Å². The second-order valence-corrected chi connectivity index (χ2v) is 9.68. The molecular formula is C23H26N6OS. The fraction of sp³-hybridized carbons (Fsp3) is 0.435. The largest absolute Gasteiger partial charge is 0.355 e. The molecular weight excluding hydrogens is 408 g/mol. The van der Waals surface area contributed by atoms with E-state index in [0.717, 1.165) is 61.6 Å². The van der Waals surface area contributed by atoms with Gasteiger partial charge < -0.3 is 4.90 Å². The molecule has 1 aromatic carbocycles. The van der Waals surface area contributed by atoms with Crippen molar-refractivity contribution in [2.45, 2.75) is 44.4 Å². The van der Waals surface area contributed by atoms with Crippen LogP contribution in [-0.4, -0.2) is 39.4 Å². The van der Waals surface area contributed by atoms with Crippen LogP contribution in [0.3, 0.4) is 0 Å². The number of amides is 1. The maximum absolute atomic E-state index is 13.0. The summed E-state index contributed by atoms with van der Waals surface area (Å²) < 4.78 is 0. The molecule has 2 fully saturated rings. The molecule has 0 radical (unpaired) electrons. The summed E-state index contributed by atoms with van der Waals surface area (Å²) in [7, 11) is 0. The van der Waals surface area contributed by atoms with E-state index in [0.29, 0.717) is 11.0 Å². The van der Waals surface area contributed by atoms with Gasteiger partial charge >= 0.3 is 0 Å². The molecule has 1 saturated carbocycles. The first-order valence-electron chi connectivity index (χ1n) is 10.9. The lowest BCUT2D eigenvalue weighted by Gasteiger charge is -2.32. The zero-order chi connectivity index (χ0) is 21.3. The summed E-state index contributed by atoms with van der Waals surface area (Å²) in [5.74, 6) is 1.56. The van der Waals surface area contributed by atoms with E-state index >= 15 is 0 Å². The lowest BCUT2D eigenvalue weighted by Crippen LogP contribution is -2.34. The Morgan fingerprint density at radius 2 is 1.90 bits per heavy atom. The monoisotopic (exact) mass is 434 g/mol. The topological polar surface area (TPSA) is 83.9 Å². The Kier molecular flexibility index (Phi) is 5.40. The average Bonchev–Trinajstić information content (AvgIpc) is 3.50. The number of hydrogen-bond donors (Lipinski definition) is 1. The fourth-order valence-electron chi connectivity index (χ4n) is 4.32. The first-order valence-corrected chi connectivity index (χ1v) is 11.7. The van der Waals surface area contributed by atoms with Crippen molar-refractivity contribution < 1.29 is 4.79 Å². The minimum Gasteiger partial charge on any atom is -0.355 e. The zero-order valence-electron chi connectivity index (χ0n) is 17.6. The highest BCUT2D eigenvalue weighted by molar-refractivity contribution is 7.15. The number of benzene rings is 1. The molecule has 5 rings (SSSR count). The molecule has 1 aliphatic carbocycles. The van der Waals surface area contributed by atoms with E-state index < -0.39 is 5.41 Å². The van der Waals surface area contributed by atoms with Crippen molar-refractivity contribution in [1.82, 2.24) is 20.4 Å². The number of nitrogens with zero attached hydrogens (tertiary/aromatic N) is 5. The summed E-state index contributed by atoms with van der Waals surface area (Å²) in [5, 5.41) is 21.4. The Hall–Kier alpha value is -2.87. The number of nitrogens with one attached hydrogen (secondary N) is 1. The highest BCUT2D eigenvalue weighted by Gasteiger charge is 2.51. The van der Waals surface area contributed by atoms with Crippen LogP contribution in [0.1, 0.15) is 41.8 Å². The molecule has 2 aromatic heterocycles. The minimum absolute atomic E-state index is 0.0383. The van der Waals surface area contributed by atoms with Crippen LogP contribution in [-0.2, 0) is 16.6 Å². The van der Waals surface area contributed by atoms with Crippen molar-refractivity contribution >= 4 is 28.2 Å². The number of hydrogen-bond acceptors (Lipinski definition) is 7. The number of carbonyl (C=O) groups excluding carboxylic acids is 1. The average molecular weight is 435 g/mol. The predicted molar refractivity (Wildman–Crippen MR) is 121 cm³/mol. The van der Waals surface area contributed by atoms with Crippen molar-refractivity contribution in [3.8, 4) is 0 Å². The molecule has 0 spiro atoms. The van der Waals surface area contributed by atoms with Crippen molar-refractivity contribution in [3.05, 3.63) is 58.7 Å². The van der Waals surface area contributed by atoms with Crippen LogP contribution in [0.5, 0.6) is 0 Å². The maximum Gasteiger partial charge on any atom is 0.236 e. The SMILES string of the molecule is Cc1ccc(C2(C(=O)Nc3nnc(CC4CCN(c5cccnn5)CC4)s3)CC2)cc1. The van der Waals surface area contributed by atoms with E-state index in [1.165, 1.54) is 16.9 Å². The lowest BCUT2D eigenvalue weighted by molar-refractivity contribution is -0.118. The standard InChI is InChI=1S/C23H26N6OS/c1-16-4-6-18(7-5-16)23(10-11-23)21(30)25-22-28-27-20(31-22)15-17-8-13-29(14-9-17)19-3-2-12-24-26-19/h2-7,12,17H,8-11,13-15H2,1H3,(H,25,28,30). The molecule has 0 unspecified atom stereocenters. The molecule has 1 aliphatic heterocycles. The molecule has 7 nitrogen and oxygen atoms in total. The van der Waals surface area contributed by atoms with Gasteiger partial charge in [0, 0.05) is 25.7 Å². The second kappa shape index (κ2) is 8.34. The summed E-state index contributed by atoms with van der Waals surface area (Å²) >= 11 is 1.50. The third kappa shape index (κ3) is 4.30. The molecule has 160 valence electrons. The van der Waals surface area contributed by atoms with E-state index in [4.69, 9.17) is 0 Å². The highest BCUT2D eigenvalue weighted by atomic mass is 32.1. The van der Waals surface area contributed by atoms with Crippen LogP contribution < -0.4 is 10.2 Å². The lowest BCUT2D eigenvalue weighted by atomic mass is 9.94. The fourth-order valence-corrected chi connectivity index (χ4v) is 5.17.